The number of sulfone groups is 1. The summed E-state index contributed by atoms with van der Waals surface area (Å²) < 4.78 is 22.1. The van der Waals surface area contributed by atoms with E-state index in [1.165, 1.54) is 0 Å². The van der Waals surface area contributed by atoms with Crippen LogP contribution in [0.4, 0.5) is 5.69 Å². The first-order chi connectivity index (χ1) is 8.26. The summed E-state index contributed by atoms with van der Waals surface area (Å²) in [5.74, 6) is -0.253. The van der Waals surface area contributed by atoms with Gasteiger partial charge in [0.1, 0.15) is 9.84 Å². The van der Waals surface area contributed by atoms with Crippen molar-refractivity contribution in [3.63, 3.8) is 0 Å². The minimum Gasteiger partial charge on any atom is -0.399 e. The largest absolute Gasteiger partial charge is 0.399 e. The lowest BCUT2D eigenvalue weighted by Gasteiger charge is -2.12. The molecule has 1 unspecified atom stereocenters. The van der Waals surface area contributed by atoms with E-state index in [2.05, 4.69) is 5.32 Å². The molecule has 0 radical (unpaired) electrons. The Bertz CT molecular complexity index is 514. The quantitative estimate of drug-likeness (QED) is 0.787. The summed E-state index contributed by atoms with van der Waals surface area (Å²) in [4.78, 5) is 11.7. The molecule has 1 atom stereocenters. The predicted molar refractivity (Wildman–Crippen MR) is 79.1 cm³/mol. The van der Waals surface area contributed by atoms with E-state index in [0.717, 1.165) is 11.8 Å². The standard InChI is InChI=1S/C12H18N2O3S.ClH/c1-9(8-18(2,16)17)14-12(15)7-10-3-5-11(13)6-4-10;/h3-6,9H,7-8,13H2,1-2H3,(H,14,15);1H. The van der Waals surface area contributed by atoms with E-state index in [0.29, 0.717) is 5.69 Å². The Balaban J connectivity index is 0.00000324. The van der Waals surface area contributed by atoms with Gasteiger partial charge in [-0.05, 0) is 24.6 Å². The molecule has 7 heteroatoms. The highest BCUT2D eigenvalue weighted by Crippen LogP contribution is 2.06. The molecule has 108 valence electrons. The Morgan fingerprint density at radius 1 is 1.32 bits per heavy atom. The highest BCUT2D eigenvalue weighted by Gasteiger charge is 2.13. The van der Waals surface area contributed by atoms with Crippen LogP contribution in [0.2, 0.25) is 0 Å². The van der Waals surface area contributed by atoms with Gasteiger partial charge in [0, 0.05) is 18.0 Å². The fourth-order valence-corrected chi connectivity index (χ4v) is 2.63. The molecule has 3 N–H and O–H groups in total. The number of amides is 1. The lowest BCUT2D eigenvalue weighted by atomic mass is 10.1. The summed E-state index contributed by atoms with van der Waals surface area (Å²) in [7, 11) is -3.08. The second kappa shape index (κ2) is 7.35. The van der Waals surface area contributed by atoms with Crippen LogP contribution < -0.4 is 11.1 Å². The summed E-state index contributed by atoms with van der Waals surface area (Å²) in [5, 5.41) is 2.65. The molecular weight excluding hydrogens is 288 g/mol. The Labute approximate surface area is 119 Å². The van der Waals surface area contributed by atoms with Crippen LogP contribution in [0.5, 0.6) is 0 Å². The zero-order valence-electron chi connectivity index (χ0n) is 10.9. The summed E-state index contributed by atoms with van der Waals surface area (Å²) in [6.45, 7) is 1.67. The van der Waals surface area contributed by atoms with E-state index in [1.807, 2.05) is 0 Å². The molecule has 0 saturated carbocycles. The number of hydrogen-bond acceptors (Lipinski definition) is 4. The molecule has 0 saturated heterocycles. The fourth-order valence-electron chi connectivity index (χ4n) is 1.64. The predicted octanol–water partition coefficient (Wildman–Crippen LogP) is 0.782. The van der Waals surface area contributed by atoms with Gasteiger partial charge in [0.15, 0.2) is 0 Å². The molecule has 0 aliphatic rings. The molecular formula is C12H19ClN2O3S. The smallest absolute Gasteiger partial charge is 0.224 e. The Morgan fingerprint density at radius 3 is 2.32 bits per heavy atom. The summed E-state index contributed by atoms with van der Waals surface area (Å²) in [5.41, 5.74) is 7.02. The van der Waals surface area contributed by atoms with Crippen LogP contribution in [0.1, 0.15) is 12.5 Å². The maximum atomic E-state index is 11.7. The Hall–Kier alpha value is -1.27. The first-order valence-electron chi connectivity index (χ1n) is 5.58. The third kappa shape index (κ3) is 7.69. The number of nitrogen functional groups attached to an aromatic ring is 1. The number of anilines is 1. The van der Waals surface area contributed by atoms with Crippen molar-refractivity contribution in [1.29, 1.82) is 0 Å². The number of nitrogens with two attached hydrogens (primary N) is 1. The van der Waals surface area contributed by atoms with Crippen LogP contribution in [0.15, 0.2) is 24.3 Å². The second-order valence-electron chi connectivity index (χ2n) is 4.48. The summed E-state index contributed by atoms with van der Waals surface area (Å²) >= 11 is 0. The Morgan fingerprint density at radius 2 is 1.84 bits per heavy atom. The fraction of sp³-hybridized carbons (Fsp3) is 0.417. The minimum atomic E-state index is -3.08. The normalized spacial score (nSPS) is 12.3. The first-order valence-corrected chi connectivity index (χ1v) is 7.64. The maximum absolute atomic E-state index is 11.7. The van der Waals surface area contributed by atoms with E-state index in [4.69, 9.17) is 5.73 Å². The van der Waals surface area contributed by atoms with Gasteiger partial charge >= 0.3 is 0 Å². The lowest BCUT2D eigenvalue weighted by Crippen LogP contribution is -2.38. The van der Waals surface area contributed by atoms with Gasteiger partial charge in [-0.25, -0.2) is 8.42 Å². The van der Waals surface area contributed by atoms with Gasteiger partial charge in [0.05, 0.1) is 12.2 Å². The van der Waals surface area contributed by atoms with Crippen molar-refractivity contribution in [2.75, 3.05) is 17.7 Å². The molecule has 0 fully saturated rings. The van der Waals surface area contributed by atoms with Gasteiger partial charge in [0.2, 0.25) is 5.91 Å². The molecule has 0 spiro atoms. The van der Waals surface area contributed by atoms with Crippen LogP contribution in [0.25, 0.3) is 0 Å². The molecule has 0 heterocycles. The highest BCUT2D eigenvalue weighted by atomic mass is 35.5. The van der Waals surface area contributed by atoms with E-state index in [9.17, 15) is 13.2 Å². The van der Waals surface area contributed by atoms with Crippen LogP contribution in [-0.4, -0.2) is 32.4 Å². The third-order valence-corrected chi connectivity index (χ3v) is 3.41. The molecule has 1 aromatic carbocycles. The average molecular weight is 307 g/mol. The van der Waals surface area contributed by atoms with Crippen LogP contribution in [-0.2, 0) is 21.1 Å². The number of carbonyl (C=O) groups is 1. The zero-order chi connectivity index (χ0) is 13.8. The average Bonchev–Trinajstić information content (AvgIpc) is 2.18. The summed E-state index contributed by atoms with van der Waals surface area (Å²) in [6.07, 6.45) is 1.37. The zero-order valence-corrected chi connectivity index (χ0v) is 12.6. The number of carbonyl (C=O) groups excluding carboxylic acids is 1. The van der Waals surface area contributed by atoms with Gasteiger partial charge in [-0.15, -0.1) is 12.4 Å². The number of benzene rings is 1. The van der Waals surface area contributed by atoms with Crippen LogP contribution >= 0.6 is 12.4 Å². The molecule has 19 heavy (non-hydrogen) atoms. The monoisotopic (exact) mass is 306 g/mol. The molecule has 0 aliphatic heterocycles. The maximum Gasteiger partial charge on any atom is 0.224 e. The van der Waals surface area contributed by atoms with E-state index < -0.39 is 9.84 Å². The van der Waals surface area contributed by atoms with Crippen LogP contribution in [0, 0.1) is 0 Å². The minimum absolute atomic E-state index is 0. The van der Waals surface area contributed by atoms with Crippen molar-refractivity contribution in [2.24, 2.45) is 0 Å². The number of nitrogens with one attached hydrogen (secondary N) is 1. The number of hydrogen-bond donors (Lipinski definition) is 2. The second-order valence-corrected chi connectivity index (χ2v) is 6.66. The van der Waals surface area contributed by atoms with E-state index in [1.54, 1.807) is 31.2 Å². The number of rotatable bonds is 5. The van der Waals surface area contributed by atoms with E-state index >= 15 is 0 Å². The van der Waals surface area contributed by atoms with Gasteiger partial charge in [-0.3, -0.25) is 4.79 Å². The molecule has 1 rings (SSSR count). The molecule has 0 bridgehead atoms. The van der Waals surface area contributed by atoms with Gasteiger partial charge in [-0.2, -0.15) is 0 Å². The lowest BCUT2D eigenvalue weighted by molar-refractivity contribution is -0.120. The molecule has 0 aliphatic carbocycles. The highest BCUT2D eigenvalue weighted by molar-refractivity contribution is 7.90. The Kier molecular flexibility index (Phi) is 6.86. The molecule has 1 amide bonds. The molecule has 5 nitrogen and oxygen atoms in total. The van der Waals surface area contributed by atoms with Crippen molar-refractivity contribution in [1.82, 2.24) is 5.32 Å². The molecule has 0 aromatic heterocycles. The van der Waals surface area contributed by atoms with Gasteiger partial charge in [-0.1, -0.05) is 12.1 Å². The van der Waals surface area contributed by atoms with Crippen molar-refractivity contribution >= 4 is 33.8 Å². The van der Waals surface area contributed by atoms with Crippen molar-refractivity contribution < 1.29 is 13.2 Å². The third-order valence-electron chi connectivity index (χ3n) is 2.30. The number of halogens is 1. The molecule has 1 aromatic rings. The SMILES string of the molecule is CC(CS(C)(=O)=O)NC(=O)Cc1ccc(N)cc1.Cl. The topological polar surface area (TPSA) is 89.3 Å². The van der Waals surface area contributed by atoms with E-state index in [-0.39, 0.29) is 36.5 Å². The van der Waals surface area contributed by atoms with Crippen molar-refractivity contribution in [3.05, 3.63) is 29.8 Å². The summed E-state index contributed by atoms with van der Waals surface area (Å²) in [6, 6.07) is 6.61. The van der Waals surface area contributed by atoms with Crippen molar-refractivity contribution in [2.45, 2.75) is 19.4 Å². The van der Waals surface area contributed by atoms with Gasteiger partial charge in [0.25, 0.3) is 0 Å². The van der Waals surface area contributed by atoms with Crippen molar-refractivity contribution in [3.8, 4) is 0 Å². The van der Waals surface area contributed by atoms with Gasteiger partial charge < -0.3 is 11.1 Å². The van der Waals surface area contributed by atoms with Crippen LogP contribution in [0.3, 0.4) is 0 Å². The first kappa shape index (κ1) is 17.7.